The van der Waals surface area contributed by atoms with Crippen molar-refractivity contribution in [3.63, 3.8) is 0 Å². The summed E-state index contributed by atoms with van der Waals surface area (Å²) in [5, 5.41) is 74.2. The number of H-pyrrole nitrogens is 1. The predicted octanol–water partition coefficient (Wildman–Crippen LogP) is -0.864. The number of aromatic hydroxyl groups is 1. The monoisotopic (exact) mass is 668 g/mol. The fourth-order valence-corrected chi connectivity index (χ4v) is 4.38. The van der Waals surface area contributed by atoms with Crippen molar-refractivity contribution in [2.24, 2.45) is 0 Å². The van der Waals surface area contributed by atoms with E-state index in [0.717, 1.165) is 11.1 Å². The summed E-state index contributed by atoms with van der Waals surface area (Å²) in [7, 11) is 0. The number of aliphatic hydroxyl groups is 6. The van der Waals surface area contributed by atoms with Gasteiger partial charge in [-0.15, -0.1) is 0 Å². The summed E-state index contributed by atoms with van der Waals surface area (Å²) in [5.74, 6) is -1.03. The molecule has 0 saturated carbocycles. The first-order chi connectivity index (χ1) is 22.7. The van der Waals surface area contributed by atoms with Crippen LogP contribution in [-0.2, 0) is 19.8 Å². The Morgan fingerprint density at radius 2 is 1.65 bits per heavy atom. The number of aliphatic hydroxyl groups excluding tert-OH is 6. The van der Waals surface area contributed by atoms with E-state index in [1.54, 1.807) is 25.1 Å². The van der Waals surface area contributed by atoms with Crippen molar-refractivity contribution in [1.82, 2.24) is 29.5 Å². The van der Waals surface area contributed by atoms with Crippen LogP contribution >= 0.6 is 0 Å². The first-order valence-electron chi connectivity index (χ1n) is 14.3. The van der Waals surface area contributed by atoms with E-state index < -0.39 is 42.1 Å². The lowest BCUT2D eigenvalue weighted by Gasteiger charge is -2.25. The number of rotatable bonds is 8. The lowest BCUT2D eigenvalue weighted by atomic mass is 10.1. The van der Waals surface area contributed by atoms with E-state index in [2.05, 4.69) is 24.9 Å². The zero-order chi connectivity index (χ0) is 35.7. The van der Waals surface area contributed by atoms with Crippen LogP contribution in [0.5, 0.6) is 5.75 Å². The molecule has 17 heteroatoms. The average Bonchev–Trinajstić information content (AvgIpc) is 3.07. The molecule has 17 nitrogen and oxygen atoms in total. The van der Waals surface area contributed by atoms with E-state index in [0.29, 0.717) is 27.9 Å². The number of benzene rings is 1. The van der Waals surface area contributed by atoms with Crippen LogP contribution < -0.4 is 11.2 Å². The first kappa shape index (κ1) is 37.3. The second-order valence-corrected chi connectivity index (χ2v) is 10.6. The molecule has 1 aromatic carbocycles. The number of hydrogen-bond acceptors (Lipinski definition) is 14. The van der Waals surface area contributed by atoms with E-state index >= 15 is 0 Å². The Morgan fingerprint density at radius 1 is 0.958 bits per heavy atom. The number of carboxylic acid groups (broad SMARTS) is 1. The van der Waals surface area contributed by atoms with Gasteiger partial charge < -0.3 is 45.4 Å². The Balaban J connectivity index is 0.000000243. The van der Waals surface area contributed by atoms with Crippen molar-refractivity contribution in [3.8, 4) is 17.3 Å². The van der Waals surface area contributed by atoms with Gasteiger partial charge in [0, 0.05) is 29.7 Å². The maximum Gasteiger partial charge on any atom is 0.349 e. The lowest BCUT2D eigenvalue weighted by molar-refractivity contribution is -0.0802. The molecule has 0 saturated heterocycles. The van der Waals surface area contributed by atoms with E-state index in [4.69, 9.17) is 20.4 Å². The van der Waals surface area contributed by atoms with Crippen molar-refractivity contribution >= 4 is 17.0 Å². The van der Waals surface area contributed by atoms with Crippen LogP contribution in [0.25, 0.3) is 22.6 Å². The molecule has 2 aliphatic heterocycles. The number of hydrogen-bond donors (Lipinski definition) is 9. The second kappa shape index (κ2) is 16.6. The van der Waals surface area contributed by atoms with Gasteiger partial charge >= 0.3 is 11.7 Å². The van der Waals surface area contributed by atoms with Gasteiger partial charge in [-0.1, -0.05) is 0 Å². The highest BCUT2D eigenvalue weighted by Crippen LogP contribution is 2.25. The van der Waals surface area contributed by atoms with Crippen molar-refractivity contribution in [1.29, 1.82) is 0 Å². The zero-order valence-electron chi connectivity index (χ0n) is 26.1. The number of carboxylic acids is 1. The van der Waals surface area contributed by atoms with Crippen LogP contribution in [0.15, 0.2) is 52.4 Å². The van der Waals surface area contributed by atoms with Gasteiger partial charge in [-0.25, -0.2) is 14.6 Å². The molecule has 2 aromatic heterocycles. The van der Waals surface area contributed by atoms with Crippen LogP contribution in [0, 0.1) is 20.8 Å². The van der Waals surface area contributed by atoms with Gasteiger partial charge in [-0.2, -0.15) is 4.98 Å². The fraction of sp³-hybridized carbons (Fsp3) is 0.323. The Kier molecular flexibility index (Phi) is 12.9. The smallest absolute Gasteiger partial charge is 0.349 e. The lowest BCUT2D eigenvalue weighted by Crippen LogP contribution is -2.42. The summed E-state index contributed by atoms with van der Waals surface area (Å²) in [4.78, 5) is 51.6. The predicted molar refractivity (Wildman–Crippen MR) is 169 cm³/mol. The number of aromatic amines is 1. The van der Waals surface area contributed by atoms with Crippen LogP contribution in [0.3, 0.4) is 0 Å². The van der Waals surface area contributed by atoms with E-state index in [-0.39, 0.29) is 42.6 Å². The fourth-order valence-electron chi connectivity index (χ4n) is 4.38. The van der Waals surface area contributed by atoms with Crippen molar-refractivity contribution in [3.05, 3.63) is 97.2 Å². The Labute approximate surface area is 272 Å². The van der Waals surface area contributed by atoms with Crippen molar-refractivity contribution in [2.75, 3.05) is 6.61 Å². The number of nitrogens with one attached hydrogen (secondary N) is 1. The van der Waals surface area contributed by atoms with Gasteiger partial charge in [0.05, 0.1) is 48.7 Å². The molecule has 0 spiro atoms. The molecule has 0 unspecified atom stereocenters. The third kappa shape index (κ3) is 8.79. The minimum absolute atomic E-state index is 0.0379. The number of aromatic nitrogens is 6. The molecule has 3 aromatic rings. The number of aryl methyl sites for hydroxylation is 3. The van der Waals surface area contributed by atoms with Crippen LogP contribution in [-0.4, -0.2) is 101 Å². The summed E-state index contributed by atoms with van der Waals surface area (Å²) < 4.78 is 1.40. The molecule has 0 radical (unpaired) electrons. The summed E-state index contributed by atoms with van der Waals surface area (Å²) >= 11 is 0. The van der Waals surface area contributed by atoms with E-state index in [1.165, 1.54) is 29.2 Å². The average molecular weight is 669 g/mol. The van der Waals surface area contributed by atoms with E-state index in [1.807, 2.05) is 13.8 Å². The number of aromatic carboxylic acids is 1. The van der Waals surface area contributed by atoms with Gasteiger partial charge in [0.25, 0.3) is 5.56 Å². The molecule has 0 amide bonds. The number of carbonyl (C=O) groups is 1. The summed E-state index contributed by atoms with van der Waals surface area (Å²) in [5.41, 5.74) is 2.60. The second-order valence-electron chi connectivity index (χ2n) is 10.6. The Morgan fingerprint density at radius 3 is 2.21 bits per heavy atom. The topological polar surface area (TPSA) is 285 Å². The maximum atomic E-state index is 12.2. The van der Waals surface area contributed by atoms with Gasteiger partial charge in [0.2, 0.25) is 0 Å². The molecular weight excluding hydrogens is 632 g/mol. The SMILES string of the molecule is Cc1cc2nc3c(=O)[nH]c(=O)nc-3n(C[C@H](O)[C@H](O)[C@H](O)CO)c2cc1C.Cc1ncc(CO)c(CO)c1O.O=C(O)c1cccnc1. The highest BCUT2D eigenvalue weighted by Gasteiger charge is 2.27. The summed E-state index contributed by atoms with van der Waals surface area (Å²) in [6.45, 7) is 3.85. The molecule has 3 atom stereocenters. The third-order valence-electron chi connectivity index (χ3n) is 7.24. The van der Waals surface area contributed by atoms with Gasteiger partial charge in [-0.05, 0) is 56.2 Å². The number of nitrogens with zero attached hydrogens (tertiary/aromatic N) is 5. The molecule has 0 aliphatic carbocycles. The van der Waals surface area contributed by atoms with Gasteiger partial charge in [0.1, 0.15) is 24.1 Å². The summed E-state index contributed by atoms with van der Waals surface area (Å²) in [6.07, 6.45) is -0.393. The molecule has 5 rings (SSSR count). The van der Waals surface area contributed by atoms with Crippen LogP contribution in [0.1, 0.15) is 38.3 Å². The first-order valence-corrected chi connectivity index (χ1v) is 14.3. The highest BCUT2D eigenvalue weighted by atomic mass is 16.4. The van der Waals surface area contributed by atoms with Gasteiger partial charge in [-0.3, -0.25) is 19.7 Å². The van der Waals surface area contributed by atoms with E-state index in [9.17, 15) is 34.8 Å². The Hall–Kier alpha value is -5.17. The molecule has 4 heterocycles. The van der Waals surface area contributed by atoms with Crippen LogP contribution in [0.4, 0.5) is 0 Å². The van der Waals surface area contributed by atoms with Crippen molar-refractivity contribution < 1.29 is 45.6 Å². The van der Waals surface area contributed by atoms with Crippen molar-refractivity contribution in [2.45, 2.75) is 58.8 Å². The maximum absolute atomic E-state index is 12.2. The minimum Gasteiger partial charge on any atom is -0.506 e. The number of pyridine rings is 2. The third-order valence-corrected chi connectivity index (χ3v) is 7.24. The largest absolute Gasteiger partial charge is 0.506 e. The molecule has 256 valence electrons. The summed E-state index contributed by atoms with van der Waals surface area (Å²) in [6, 6.07) is 6.61. The standard InChI is InChI=1S/C17H20N4O6.C8H11NO3.C6H5NO2/c1-7-3-9-10(4-8(7)2)21(5-11(23)14(25)12(24)6-22)15-13(18-9)16(26)20-17(27)19-15;1-5-8(12)7(4-11)6(3-10)2-9-5;8-6(9)5-2-1-3-7-4-5/h3-4,11-12,14,22-25H,5-6H2,1-2H3,(H,20,26,27);2,10-12H,3-4H2,1H3;1-4H,(H,8,9)/t11-,12+,14-;;/m0../s1. The molecule has 48 heavy (non-hydrogen) atoms. The Bertz CT molecular complexity index is 1950. The zero-order valence-corrected chi connectivity index (χ0v) is 26.1. The molecular formula is C31H36N6O11. The van der Waals surface area contributed by atoms with Crippen LogP contribution in [0.2, 0.25) is 0 Å². The minimum atomic E-state index is -1.64. The number of fused-ring (bicyclic) bond motifs is 2. The normalized spacial score (nSPS) is 12.8. The molecule has 9 N–H and O–H groups in total. The quantitative estimate of drug-likeness (QED) is 0.0909. The molecule has 2 aliphatic rings. The van der Waals surface area contributed by atoms with Gasteiger partial charge in [0.15, 0.2) is 11.5 Å². The highest BCUT2D eigenvalue weighted by molar-refractivity contribution is 5.87. The molecule has 0 bridgehead atoms. The molecule has 0 fully saturated rings.